The fraction of sp³-hybridized carbons (Fsp3) is 0.348. The molecule has 0 spiro atoms. The van der Waals surface area contributed by atoms with Gasteiger partial charge in [0, 0.05) is 31.0 Å². The highest BCUT2D eigenvalue weighted by atomic mass is 16.5. The van der Waals surface area contributed by atoms with Gasteiger partial charge in [-0.15, -0.1) is 0 Å². The van der Waals surface area contributed by atoms with Crippen LogP contribution in [0.5, 0.6) is 5.75 Å². The highest BCUT2D eigenvalue weighted by molar-refractivity contribution is 5.96. The zero-order chi connectivity index (χ0) is 20.4. The van der Waals surface area contributed by atoms with Crippen molar-refractivity contribution in [3.63, 3.8) is 0 Å². The minimum Gasteiger partial charge on any atom is -0.497 e. The van der Waals surface area contributed by atoms with Gasteiger partial charge in [0.2, 0.25) is 11.8 Å². The number of nitrogens with zero attached hydrogens (tertiary/aromatic N) is 3. The molecule has 0 aliphatic carbocycles. The molecule has 1 aromatic heterocycles. The van der Waals surface area contributed by atoms with Gasteiger partial charge in [-0.25, -0.2) is 0 Å². The Hall–Kier alpha value is -3.15. The van der Waals surface area contributed by atoms with Crippen molar-refractivity contribution in [2.45, 2.75) is 39.0 Å². The van der Waals surface area contributed by atoms with Crippen molar-refractivity contribution in [2.75, 3.05) is 18.6 Å². The fourth-order valence-corrected chi connectivity index (χ4v) is 3.82. The number of aryl methyl sites for hydroxylation is 4. The van der Waals surface area contributed by atoms with Gasteiger partial charge in [0.1, 0.15) is 5.75 Å². The van der Waals surface area contributed by atoms with Gasteiger partial charge in [-0.2, -0.15) is 4.98 Å². The Morgan fingerprint density at radius 1 is 1.10 bits per heavy atom. The van der Waals surface area contributed by atoms with Crippen LogP contribution in [0, 0.1) is 13.8 Å². The summed E-state index contributed by atoms with van der Waals surface area (Å²) in [5.41, 5.74) is 4.43. The van der Waals surface area contributed by atoms with E-state index in [0.29, 0.717) is 31.1 Å². The summed E-state index contributed by atoms with van der Waals surface area (Å²) in [5, 5.41) is 4.15. The van der Waals surface area contributed by atoms with Gasteiger partial charge < -0.3 is 14.2 Å². The van der Waals surface area contributed by atoms with Crippen LogP contribution in [0.4, 0.5) is 5.69 Å². The molecule has 6 nitrogen and oxygen atoms in total. The lowest BCUT2D eigenvalue weighted by Crippen LogP contribution is -2.24. The standard InChI is InChI=1S/C23H25N3O3/c1-15-10-16(2)12-19(11-15)26-14-18(13-22(26)27)23-24-21(29-25-23)9-6-17-4-7-20(28-3)8-5-17/h4-5,7-8,10-12,18H,6,9,13-14H2,1-3H3. The lowest BCUT2D eigenvalue weighted by molar-refractivity contribution is -0.117. The Bertz CT molecular complexity index is 990. The molecule has 3 aromatic rings. The number of anilines is 1. The monoisotopic (exact) mass is 391 g/mol. The lowest BCUT2D eigenvalue weighted by atomic mass is 10.1. The highest BCUT2D eigenvalue weighted by Crippen LogP contribution is 2.31. The molecule has 1 fully saturated rings. The van der Waals surface area contributed by atoms with Crippen LogP contribution in [0.15, 0.2) is 47.0 Å². The number of rotatable bonds is 6. The van der Waals surface area contributed by atoms with Gasteiger partial charge in [0.05, 0.1) is 7.11 Å². The third-order valence-electron chi connectivity index (χ3n) is 5.28. The number of benzene rings is 2. The molecule has 1 saturated heterocycles. The van der Waals surface area contributed by atoms with Crippen LogP contribution in [0.3, 0.4) is 0 Å². The molecular formula is C23H25N3O3. The van der Waals surface area contributed by atoms with Crippen LogP contribution in [0.2, 0.25) is 0 Å². The SMILES string of the molecule is COc1ccc(CCc2nc(C3CC(=O)N(c4cc(C)cc(C)c4)C3)no2)cc1. The first-order valence-electron chi connectivity index (χ1n) is 9.86. The highest BCUT2D eigenvalue weighted by Gasteiger charge is 2.34. The van der Waals surface area contributed by atoms with E-state index in [1.54, 1.807) is 7.11 Å². The first kappa shape index (κ1) is 19.2. The van der Waals surface area contributed by atoms with E-state index in [4.69, 9.17) is 9.26 Å². The average Bonchev–Trinajstić information content (AvgIpc) is 3.32. The van der Waals surface area contributed by atoms with E-state index in [-0.39, 0.29) is 11.8 Å². The third-order valence-corrected chi connectivity index (χ3v) is 5.28. The summed E-state index contributed by atoms with van der Waals surface area (Å²) in [6.45, 7) is 4.67. The van der Waals surface area contributed by atoms with Crippen molar-refractivity contribution in [3.05, 3.63) is 70.9 Å². The van der Waals surface area contributed by atoms with Crippen LogP contribution in [-0.4, -0.2) is 29.7 Å². The molecular weight excluding hydrogens is 366 g/mol. The van der Waals surface area contributed by atoms with Crippen molar-refractivity contribution >= 4 is 11.6 Å². The molecule has 0 N–H and O–H groups in total. The van der Waals surface area contributed by atoms with E-state index in [2.05, 4.69) is 16.2 Å². The van der Waals surface area contributed by atoms with Crippen molar-refractivity contribution in [3.8, 4) is 5.75 Å². The molecule has 4 rings (SSSR count). The zero-order valence-corrected chi connectivity index (χ0v) is 17.0. The molecule has 29 heavy (non-hydrogen) atoms. The van der Waals surface area contributed by atoms with Gasteiger partial charge in [-0.3, -0.25) is 4.79 Å². The van der Waals surface area contributed by atoms with Gasteiger partial charge >= 0.3 is 0 Å². The van der Waals surface area contributed by atoms with Crippen LogP contribution in [-0.2, 0) is 17.6 Å². The zero-order valence-electron chi connectivity index (χ0n) is 17.0. The van der Waals surface area contributed by atoms with E-state index in [1.807, 2.05) is 55.1 Å². The number of amides is 1. The van der Waals surface area contributed by atoms with Crippen LogP contribution >= 0.6 is 0 Å². The number of carbonyl (C=O) groups is 1. The summed E-state index contributed by atoms with van der Waals surface area (Å²) in [7, 11) is 1.66. The summed E-state index contributed by atoms with van der Waals surface area (Å²) < 4.78 is 10.6. The molecule has 2 heterocycles. The third kappa shape index (κ3) is 4.31. The molecule has 1 unspecified atom stereocenters. The molecule has 0 saturated carbocycles. The van der Waals surface area contributed by atoms with E-state index < -0.39 is 0 Å². The first-order chi connectivity index (χ1) is 14.0. The average molecular weight is 391 g/mol. The molecule has 1 amide bonds. The number of methoxy groups -OCH3 is 1. The minimum absolute atomic E-state index is 0.0400. The Morgan fingerprint density at radius 2 is 1.83 bits per heavy atom. The largest absolute Gasteiger partial charge is 0.497 e. The predicted octanol–water partition coefficient (Wildman–Crippen LogP) is 4.00. The molecule has 1 aliphatic rings. The molecule has 1 atom stereocenters. The van der Waals surface area contributed by atoms with Crippen molar-refractivity contribution < 1.29 is 14.1 Å². The number of hydrogen-bond acceptors (Lipinski definition) is 5. The normalized spacial score (nSPS) is 16.4. The summed E-state index contributed by atoms with van der Waals surface area (Å²) in [6.07, 6.45) is 1.88. The molecule has 2 aromatic carbocycles. The van der Waals surface area contributed by atoms with Crippen LogP contribution < -0.4 is 9.64 Å². The number of ether oxygens (including phenoxy) is 1. The number of aromatic nitrogens is 2. The quantitative estimate of drug-likeness (QED) is 0.635. The molecule has 1 aliphatic heterocycles. The van der Waals surface area contributed by atoms with Crippen LogP contribution in [0.1, 0.15) is 40.7 Å². The Balaban J connectivity index is 1.40. The maximum absolute atomic E-state index is 12.6. The summed E-state index contributed by atoms with van der Waals surface area (Å²) >= 11 is 0. The Morgan fingerprint density at radius 3 is 2.52 bits per heavy atom. The van der Waals surface area contributed by atoms with Crippen molar-refractivity contribution in [1.29, 1.82) is 0 Å². The number of hydrogen-bond donors (Lipinski definition) is 0. The van der Waals surface area contributed by atoms with Gasteiger partial charge in [0.25, 0.3) is 0 Å². The van der Waals surface area contributed by atoms with Crippen molar-refractivity contribution in [1.82, 2.24) is 10.1 Å². The molecule has 6 heteroatoms. The van der Waals surface area contributed by atoms with Gasteiger partial charge in [0.15, 0.2) is 5.82 Å². The smallest absolute Gasteiger partial charge is 0.227 e. The topological polar surface area (TPSA) is 68.5 Å². The lowest BCUT2D eigenvalue weighted by Gasteiger charge is -2.17. The molecule has 0 radical (unpaired) electrons. The summed E-state index contributed by atoms with van der Waals surface area (Å²) in [5.74, 6) is 2.13. The Kier molecular flexibility index (Phi) is 5.34. The van der Waals surface area contributed by atoms with E-state index in [1.165, 1.54) is 5.56 Å². The maximum atomic E-state index is 12.6. The maximum Gasteiger partial charge on any atom is 0.227 e. The van der Waals surface area contributed by atoms with E-state index in [0.717, 1.165) is 29.0 Å². The summed E-state index contributed by atoms with van der Waals surface area (Å²) in [6, 6.07) is 14.2. The fourth-order valence-electron chi connectivity index (χ4n) is 3.82. The van der Waals surface area contributed by atoms with Crippen molar-refractivity contribution in [2.24, 2.45) is 0 Å². The molecule has 150 valence electrons. The van der Waals surface area contributed by atoms with E-state index >= 15 is 0 Å². The van der Waals surface area contributed by atoms with Gasteiger partial charge in [-0.05, 0) is 61.2 Å². The van der Waals surface area contributed by atoms with Gasteiger partial charge in [-0.1, -0.05) is 23.4 Å². The Labute approximate surface area is 170 Å². The number of carbonyl (C=O) groups excluding carboxylic acids is 1. The minimum atomic E-state index is -0.0400. The predicted molar refractivity (Wildman–Crippen MR) is 110 cm³/mol. The van der Waals surface area contributed by atoms with Crippen LogP contribution in [0.25, 0.3) is 0 Å². The second kappa shape index (κ2) is 8.07. The second-order valence-electron chi connectivity index (χ2n) is 7.65. The second-order valence-corrected chi connectivity index (χ2v) is 7.65. The molecule has 0 bridgehead atoms. The van der Waals surface area contributed by atoms with E-state index in [9.17, 15) is 4.79 Å². The summed E-state index contributed by atoms with van der Waals surface area (Å²) in [4.78, 5) is 19.0. The first-order valence-corrected chi connectivity index (χ1v) is 9.86.